The fraction of sp³-hybridized carbons (Fsp3) is 0.312. The molecular formula is C16H19NO2S2. The van der Waals surface area contributed by atoms with Gasteiger partial charge in [0.15, 0.2) is 0 Å². The molecule has 2 aromatic rings. The summed E-state index contributed by atoms with van der Waals surface area (Å²) in [5.74, 6) is 0.429. The maximum absolute atomic E-state index is 12.1. The molecule has 0 unspecified atom stereocenters. The normalized spacial score (nSPS) is 13.7. The van der Waals surface area contributed by atoms with Crippen LogP contribution in [-0.4, -0.2) is 35.2 Å². The van der Waals surface area contributed by atoms with E-state index in [1.54, 1.807) is 30.0 Å². The number of benzene rings is 1. The second-order valence-corrected chi connectivity index (χ2v) is 6.85. The largest absolute Gasteiger partial charge is 0.387 e. The summed E-state index contributed by atoms with van der Waals surface area (Å²) in [6, 6.07) is 9.56. The molecule has 5 heteroatoms. The maximum Gasteiger partial charge on any atom is 0.251 e. The quantitative estimate of drug-likeness (QED) is 0.858. The predicted octanol–water partition coefficient (Wildman–Crippen LogP) is 3.26. The summed E-state index contributed by atoms with van der Waals surface area (Å²) in [6.45, 7) is 1.97. The van der Waals surface area contributed by atoms with E-state index in [0.29, 0.717) is 11.3 Å². The van der Waals surface area contributed by atoms with E-state index in [9.17, 15) is 9.90 Å². The van der Waals surface area contributed by atoms with Gasteiger partial charge in [-0.3, -0.25) is 4.79 Å². The Morgan fingerprint density at radius 1 is 1.29 bits per heavy atom. The number of thioether (sulfide) groups is 1. The summed E-state index contributed by atoms with van der Waals surface area (Å²) in [6.07, 6.45) is 1.93. The summed E-state index contributed by atoms with van der Waals surface area (Å²) >= 11 is 3.21. The third kappa shape index (κ3) is 4.59. The number of thiophene rings is 1. The first-order valence-corrected chi connectivity index (χ1v) is 8.98. The predicted molar refractivity (Wildman–Crippen MR) is 91.1 cm³/mol. The average molecular weight is 321 g/mol. The minimum Gasteiger partial charge on any atom is -0.387 e. The third-order valence-electron chi connectivity index (χ3n) is 3.09. The maximum atomic E-state index is 12.1. The highest BCUT2D eigenvalue weighted by Crippen LogP contribution is 2.22. The Kier molecular flexibility index (Phi) is 5.45. The van der Waals surface area contributed by atoms with Crippen molar-refractivity contribution in [1.82, 2.24) is 5.32 Å². The molecule has 0 aliphatic heterocycles. The minimum atomic E-state index is -0.883. The molecule has 0 bridgehead atoms. The van der Waals surface area contributed by atoms with Crippen LogP contribution in [0.3, 0.4) is 0 Å². The fourth-order valence-corrected chi connectivity index (χ4v) is 3.37. The van der Waals surface area contributed by atoms with Crippen LogP contribution < -0.4 is 5.32 Å². The summed E-state index contributed by atoms with van der Waals surface area (Å²) in [4.78, 5) is 12.1. The van der Waals surface area contributed by atoms with Crippen LogP contribution in [-0.2, 0) is 0 Å². The Morgan fingerprint density at radius 2 is 2.00 bits per heavy atom. The molecule has 1 atom stereocenters. The summed E-state index contributed by atoms with van der Waals surface area (Å²) in [7, 11) is 0. The molecule has 0 saturated carbocycles. The van der Waals surface area contributed by atoms with Crippen molar-refractivity contribution in [2.24, 2.45) is 0 Å². The van der Waals surface area contributed by atoms with Crippen LogP contribution in [0.5, 0.6) is 0 Å². The van der Waals surface area contributed by atoms with Gasteiger partial charge in [-0.05, 0) is 53.3 Å². The van der Waals surface area contributed by atoms with Crippen molar-refractivity contribution >= 4 is 29.0 Å². The molecule has 0 radical (unpaired) electrons. The van der Waals surface area contributed by atoms with Gasteiger partial charge in [0.05, 0.1) is 5.60 Å². The molecule has 2 N–H and O–H groups in total. The van der Waals surface area contributed by atoms with Crippen LogP contribution in [0.2, 0.25) is 0 Å². The van der Waals surface area contributed by atoms with Crippen molar-refractivity contribution in [3.05, 3.63) is 46.7 Å². The standard InChI is InChI=1S/C16H19NO2S2/c1-16(19,11-20-2)10-17-15(18)13-5-3-12(4-6-13)14-7-8-21-9-14/h3-9,19H,10-11H2,1-2H3,(H,17,18)/t16-/m0/s1. The highest BCUT2D eigenvalue weighted by molar-refractivity contribution is 7.98. The van der Waals surface area contributed by atoms with Crippen molar-refractivity contribution < 1.29 is 9.90 Å². The van der Waals surface area contributed by atoms with Gasteiger partial charge < -0.3 is 10.4 Å². The lowest BCUT2D eigenvalue weighted by Gasteiger charge is -2.22. The lowest BCUT2D eigenvalue weighted by Crippen LogP contribution is -2.42. The summed E-state index contributed by atoms with van der Waals surface area (Å²) < 4.78 is 0. The van der Waals surface area contributed by atoms with Gasteiger partial charge in [0.2, 0.25) is 0 Å². The molecule has 0 fully saturated rings. The van der Waals surface area contributed by atoms with E-state index in [1.807, 2.05) is 35.9 Å². The second-order valence-electron chi connectivity index (χ2n) is 5.20. The van der Waals surface area contributed by atoms with Crippen LogP contribution in [0.15, 0.2) is 41.1 Å². The molecular weight excluding hydrogens is 302 g/mol. The van der Waals surface area contributed by atoms with E-state index in [0.717, 1.165) is 11.1 Å². The number of amides is 1. The molecule has 0 aliphatic carbocycles. The lowest BCUT2D eigenvalue weighted by atomic mass is 10.1. The van der Waals surface area contributed by atoms with E-state index < -0.39 is 5.60 Å². The van der Waals surface area contributed by atoms with Gasteiger partial charge in [0.1, 0.15) is 0 Å². The zero-order valence-corrected chi connectivity index (χ0v) is 13.8. The Morgan fingerprint density at radius 3 is 2.57 bits per heavy atom. The van der Waals surface area contributed by atoms with E-state index in [2.05, 4.69) is 16.8 Å². The first-order chi connectivity index (χ1) is 10.0. The lowest BCUT2D eigenvalue weighted by molar-refractivity contribution is 0.0725. The third-order valence-corrected chi connectivity index (χ3v) is 4.68. The van der Waals surface area contributed by atoms with E-state index in [1.165, 1.54) is 0 Å². The number of nitrogens with one attached hydrogen (secondary N) is 1. The topological polar surface area (TPSA) is 49.3 Å². The average Bonchev–Trinajstić information content (AvgIpc) is 2.99. The molecule has 1 aromatic heterocycles. The number of carbonyl (C=O) groups excluding carboxylic acids is 1. The Bertz CT molecular complexity index is 577. The molecule has 0 spiro atoms. The minimum absolute atomic E-state index is 0.159. The monoisotopic (exact) mass is 321 g/mol. The molecule has 1 heterocycles. The molecule has 0 aliphatic rings. The molecule has 2 rings (SSSR count). The van der Waals surface area contributed by atoms with Crippen LogP contribution in [0.1, 0.15) is 17.3 Å². The van der Waals surface area contributed by atoms with Crippen molar-refractivity contribution in [2.45, 2.75) is 12.5 Å². The van der Waals surface area contributed by atoms with E-state index in [-0.39, 0.29) is 12.5 Å². The van der Waals surface area contributed by atoms with Gasteiger partial charge in [-0.25, -0.2) is 0 Å². The van der Waals surface area contributed by atoms with Gasteiger partial charge in [-0.1, -0.05) is 12.1 Å². The van der Waals surface area contributed by atoms with Crippen molar-refractivity contribution in [3.63, 3.8) is 0 Å². The highest BCUT2D eigenvalue weighted by Gasteiger charge is 2.20. The fourth-order valence-electron chi connectivity index (χ4n) is 1.98. The molecule has 21 heavy (non-hydrogen) atoms. The molecule has 1 amide bonds. The Labute approximate surface area is 133 Å². The highest BCUT2D eigenvalue weighted by atomic mass is 32.2. The first kappa shape index (κ1) is 16.1. The van der Waals surface area contributed by atoms with Gasteiger partial charge in [0.25, 0.3) is 5.91 Å². The van der Waals surface area contributed by atoms with Crippen LogP contribution in [0.25, 0.3) is 11.1 Å². The van der Waals surface area contributed by atoms with Crippen molar-refractivity contribution in [1.29, 1.82) is 0 Å². The SMILES string of the molecule is CSC[C@@](C)(O)CNC(=O)c1ccc(-c2ccsc2)cc1. The zero-order chi connectivity index (χ0) is 15.3. The molecule has 1 aromatic carbocycles. The number of hydrogen-bond donors (Lipinski definition) is 2. The van der Waals surface area contributed by atoms with Gasteiger partial charge in [0, 0.05) is 17.9 Å². The Hall–Kier alpha value is -1.30. The van der Waals surface area contributed by atoms with Crippen LogP contribution >= 0.6 is 23.1 Å². The van der Waals surface area contributed by atoms with E-state index >= 15 is 0 Å². The second kappa shape index (κ2) is 7.11. The van der Waals surface area contributed by atoms with Crippen molar-refractivity contribution in [2.75, 3.05) is 18.6 Å². The van der Waals surface area contributed by atoms with Gasteiger partial charge in [-0.15, -0.1) is 0 Å². The molecule has 3 nitrogen and oxygen atoms in total. The summed E-state index contributed by atoms with van der Waals surface area (Å²) in [5.41, 5.74) is 1.98. The van der Waals surface area contributed by atoms with Gasteiger partial charge >= 0.3 is 0 Å². The van der Waals surface area contributed by atoms with Gasteiger partial charge in [-0.2, -0.15) is 23.1 Å². The number of aliphatic hydroxyl groups is 1. The number of carbonyl (C=O) groups is 1. The van der Waals surface area contributed by atoms with Crippen molar-refractivity contribution in [3.8, 4) is 11.1 Å². The Balaban J connectivity index is 1.97. The first-order valence-electron chi connectivity index (χ1n) is 6.64. The zero-order valence-electron chi connectivity index (χ0n) is 12.1. The number of hydrogen-bond acceptors (Lipinski definition) is 4. The summed E-state index contributed by atoms with van der Waals surface area (Å²) in [5, 5.41) is 16.9. The molecule has 112 valence electrons. The van der Waals surface area contributed by atoms with Crippen LogP contribution in [0, 0.1) is 0 Å². The van der Waals surface area contributed by atoms with E-state index in [4.69, 9.17) is 0 Å². The number of rotatable bonds is 6. The smallest absolute Gasteiger partial charge is 0.251 e. The molecule has 0 saturated heterocycles. The van der Waals surface area contributed by atoms with Crippen LogP contribution in [0.4, 0.5) is 0 Å².